The molecular weight excluding hydrogens is 354 g/mol. The fourth-order valence-electron chi connectivity index (χ4n) is 2.81. The number of ether oxygens (including phenoxy) is 2. The highest BCUT2D eigenvalue weighted by atomic mass is 32.2. The van der Waals surface area contributed by atoms with E-state index in [0.29, 0.717) is 23.7 Å². The Hall–Kier alpha value is -2.67. The minimum Gasteiger partial charge on any atom is -0.493 e. The predicted molar refractivity (Wildman–Crippen MR) is 97.8 cm³/mol. The third kappa shape index (κ3) is 4.11. The van der Waals surface area contributed by atoms with E-state index in [2.05, 4.69) is 5.32 Å². The lowest BCUT2D eigenvalue weighted by molar-refractivity contribution is 0.0692. The summed E-state index contributed by atoms with van der Waals surface area (Å²) >= 11 is 1.34. The lowest BCUT2D eigenvalue weighted by atomic mass is 9.99. The van der Waals surface area contributed by atoms with E-state index in [-0.39, 0.29) is 18.2 Å². The standard InChI is InChI=1S/C19H19NO5S/c1-26-17-10-13-15(7-8-24-16(13)9-14(17)18(21)22)20-19(23)25-11-12-5-3-2-4-6-12/h2-6,9-10,15H,7-8,11H2,1H3,(H,20,23)(H,21,22)/t15-/m0/s1. The summed E-state index contributed by atoms with van der Waals surface area (Å²) in [5.74, 6) is -0.516. The Morgan fingerprint density at radius 2 is 2.08 bits per heavy atom. The van der Waals surface area contributed by atoms with Crippen LogP contribution in [0.25, 0.3) is 0 Å². The first-order valence-electron chi connectivity index (χ1n) is 8.13. The molecule has 1 heterocycles. The smallest absolute Gasteiger partial charge is 0.407 e. The molecule has 0 saturated heterocycles. The largest absolute Gasteiger partial charge is 0.493 e. The molecule has 0 unspecified atom stereocenters. The van der Waals surface area contributed by atoms with Crippen LogP contribution in [-0.2, 0) is 11.3 Å². The third-order valence-corrected chi connectivity index (χ3v) is 4.88. The average Bonchev–Trinajstić information content (AvgIpc) is 2.66. The van der Waals surface area contributed by atoms with Gasteiger partial charge in [0.15, 0.2) is 0 Å². The van der Waals surface area contributed by atoms with Gasteiger partial charge in [-0.25, -0.2) is 9.59 Å². The van der Waals surface area contributed by atoms with Gasteiger partial charge in [0.1, 0.15) is 12.4 Å². The Balaban J connectivity index is 1.72. The summed E-state index contributed by atoms with van der Waals surface area (Å²) < 4.78 is 10.9. The van der Waals surface area contributed by atoms with Crippen LogP contribution in [0.15, 0.2) is 47.4 Å². The van der Waals surface area contributed by atoms with Gasteiger partial charge in [-0.05, 0) is 24.0 Å². The number of rotatable bonds is 5. The molecule has 2 N–H and O–H groups in total. The number of hydrogen-bond donors (Lipinski definition) is 2. The molecule has 136 valence electrons. The number of carboxylic acid groups (broad SMARTS) is 1. The second-order valence-electron chi connectivity index (χ2n) is 5.79. The zero-order valence-corrected chi connectivity index (χ0v) is 15.0. The molecule has 0 radical (unpaired) electrons. The number of hydrogen-bond acceptors (Lipinski definition) is 5. The van der Waals surface area contributed by atoms with E-state index in [0.717, 1.165) is 11.1 Å². The van der Waals surface area contributed by atoms with E-state index < -0.39 is 12.1 Å². The zero-order valence-electron chi connectivity index (χ0n) is 14.2. The highest BCUT2D eigenvalue weighted by Crippen LogP contribution is 2.37. The Morgan fingerprint density at radius 3 is 2.77 bits per heavy atom. The molecule has 0 fully saturated rings. The molecule has 0 aliphatic carbocycles. The van der Waals surface area contributed by atoms with Gasteiger partial charge in [-0.1, -0.05) is 30.3 Å². The maximum Gasteiger partial charge on any atom is 0.407 e. The Bertz CT molecular complexity index is 809. The number of amides is 1. The monoisotopic (exact) mass is 373 g/mol. The van der Waals surface area contributed by atoms with Crippen molar-refractivity contribution in [2.75, 3.05) is 12.9 Å². The summed E-state index contributed by atoms with van der Waals surface area (Å²) in [5.41, 5.74) is 1.87. The molecule has 1 aliphatic heterocycles. The topological polar surface area (TPSA) is 84.9 Å². The molecule has 2 aromatic rings. The zero-order chi connectivity index (χ0) is 18.5. The highest BCUT2D eigenvalue weighted by Gasteiger charge is 2.26. The number of alkyl carbamates (subject to hydrolysis) is 1. The third-order valence-electron chi connectivity index (χ3n) is 4.11. The normalized spacial score (nSPS) is 15.5. The molecule has 3 rings (SSSR count). The minimum atomic E-state index is -1.00. The SMILES string of the molecule is CSc1cc2c(cc1C(=O)O)OCC[C@@H]2NC(=O)OCc1ccccc1. The van der Waals surface area contributed by atoms with Gasteiger partial charge in [0.05, 0.1) is 18.2 Å². The lowest BCUT2D eigenvalue weighted by Gasteiger charge is -2.27. The number of carbonyl (C=O) groups excluding carboxylic acids is 1. The van der Waals surface area contributed by atoms with Gasteiger partial charge in [0, 0.05) is 16.9 Å². The number of carboxylic acids is 1. The van der Waals surface area contributed by atoms with Crippen LogP contribution in [0.3, 0.4) is 0 Å². The Morgan fingerprint density at radius 1 is 1.31 bits per heavy atom. The quantitative estimate of drug-likeness (QED) is 0.774. The lowest BCUT2D eigenvalue weighted by Crippen LogP contribution is -2.32. The van der Waals surface area contributed by atoms with Crippen molar-refractivity contribution < 1.29 is 24.2 Å². The average molecular weight is 373 g/mol. The van der Waals surface area contributed by atoms with Crippen molar-refractivity contribution in [3.05, 3.63) is 59.2 Å². The number of benzene rings is 2. The van der Waals surface area contributed by atoms with Gasteiger partial charge < -0.3 is 19.9 Å². The van der Waals surface area contributed by atoms with Crippen molar-refractivity contribution in [3.8, 4) is 5.75 Å². The molecule has 6 nitrogen and oxygen atoms in total. The van der Waals surface area contributed by atoms with Crippen LogP contribution in [-0.4, -0.2) is 30.0 Å². The summed E-state index contributed by atoms with van der Waals surface area (Å²) in [6.07, 6.45) is 1.89. The molecule has 2 aromatic carbocycles. The predicted octanol–water partition coefficient (Wildman–Crippen LogP) is 3.86. The van der Waals surface area contributed by atoms with E-state index in [1.165, 1.54) is 17.8 Å². The number of carbonyl (C=O) groups is 2. The van der Waals surface area contributed by atoms with Gasteiger partial charge in [-0.3, -0.25) is 0 Å². The van der Waals surface area contributed by atoms with Crippen molar-refractivity contribution in [3.63, 3.8) is 0 Å². The minimum absolute atomic E-state index is 0.191. The van der Waals surface area contributed by atoms with Crippen LogP contribution in [0.1, 0.15) is 33.9 Å². The number of thioether (sulfide) groups is 1. The summed E-state index contributed by atoms with van der Waals surface area (Å²) in [5, 5.41) is 12.2. The summed E-state index contributed by atoms with van der Waals surface area (Å²) in [4.78, 5) is 24.2. The molecule has 0 saturated carbocycles. The number of aromatic carboxylic acids is 1. The Labute approximate surface area is 155 Å². The second kappa shape index (κ2) is 8.14. The summed E-state index contributed by atoms with van der Waals surface area (Å²) in [6.45, 7) is 0.588. The second-order valence-corrected chi connectivity index (χ2v) is 6.64. The van der Waals surface area contributed by atoms with Gasteiger partial charge in [0.2, 0.25) is 0 Å². The van der Waals surface area contributed by atoms with E-state index in [9.17, 15) is 14.7 Å². The van der Waals surface area contributed by atoms with Crippen LogP contribution in [0.4, 0.5) is 4.79 Å². The fourth-order valence-corrected chi connectivity index (χ4v) is 3.42. The summed E-state index contributed by atoms with van der Waals surface area (Å²) in [7, 11) is 0. The van der Waals surface area contributed by atoms with Crippen LogP contribution in [0.5, 0.6) is 5.75 Å². The van der Waals surface area contributed by atoms with Crippen LogP contribution in [0, 0.1) is 0 Å². The van der Waals surface area contributed by atoms with Crippen LogP contribution >= 0.6 is 11.8 Å². The van der Waals surface area contributed by atoms with Gasteiger partial charge in [-0.15, -0.1) is 11.8 Å². The molecule has 7 heteroatoms. The fraction of sp³-hybridized carbons (Fsp3) is 0.263. The molecular formula is C19H19NO5S. The molecule has 1 aliphatic rings. The maximum atomic E-state index is 12.2. The van der Waals surface area contributed by atoms with Gasteiger partial charge >= 0.3 is 12.1 Å². The number of fused-ring (bicyclic) bond motifs is 1. The molecule has 0 spiro atoms. The van der Waals surface area contributed by atoms with E-state index >= 15 is 0 Å². The van der Waals surface area contributed by atoms with Gasteiger partial charge in [0.25, 0.3) is 0 Å². The maximum absolute atomic E-state index is 12.2. The van der Waals surface area contributed by atoms with E-state index in [4.69, 9.17) is 9.47 Å². The Kier molecular flexibility index (Phi) is 5.68. The van der Waals surface area contributed by atoms with Crippen molar-refractivity contribution in [1.82, 2.24) is 5.32 Å². The van der Waals surface area contributed by atoms with Crippen molar-refractivity contribution in [2.24, 2.45) is 0 Å². The highest BCUT2D eigenvalue weighted by molar-refractivity contribution is 7.98. The first-order chi connectivity index (χ1) is 12.6. The molecule has 0 aromatic heterocycles. The van der Waals surface area contributed by atoms with Crippen molar-refractivity contribution in [2.45, 2.75) is 24.0 Å². The summed E-state index contributed by atoms with van der Waals surface area (Å²) in [6, 6.07) is 12.4. The number of nitrogens with one attached hydrogen (secondary N) is 1. The molecule has 1 atom stereocenters. The van der Waals surface area contributed by atoms with Crippen molar-refractivity contribution >= 4 is 23.8 Å². The van der Waals surface area contributed by atoms with E-state index in [1.54, 1.807) is 6.07 Å². The first kappa shape index (κ1) is 18.1. The first-order valence-corrected chi connectivity index (χ1v) is 9.36. The van der Waals surface area contributed by atoms with Crippen molar-refractivity contribution in [1.29, 1.82) is 0 Å². The molecule has 1 amide bonds. The van der Waals surface area contributed by atoms with E-state index in [1.807, 2.05) is 36.6 Å². The van der Waals surface area contributed by atoms with Crippen LogP contribution in [0.2, 0.25) is 0 Å². The van der Waals surface area contributed by atoms with Gasteiger partial charge in [-0.2, -0.15) is 0 Å². The molecule has 0 bridgehead atoms. The van der Waals surface area contributed by atoms with Crippen LogP contribution < -0.4 is 10.1 Å². The molecule has 26 heavy (non-hydrogen) atoms.